The molecule has 1 N–H and O–H groups in total. The van der Waals surface area contributed by atoms with Crippen molar-refractivity contribution in [3.05, 3.63) is 47.7 Å². The van der Waals surface area contributed by atoms with Crippen LogP contribution in [0.2, 0.25) is 0 Å². The molecular formula is C15H11F2N5O. The van der Waals surface area contributed by atoms with Crippen LogP contribution in [-0.4, -0.2) is 28.7 Å². The van der Waals surface area contributed by atoms with Crippen molar-refractivity contribution < 1.29 is 13.6 Å². The Balaban J connectivity index is 1.77. The number of halogens is 2. The summed E-state index contributed by atoms with van der Waals surface area (Å²) in [6.07, 6.45) is 0.369. The molecule has 1 aromatic heterocycles. The van der Waals surface area contributed by atoms with Crippen LogP contribution in [0.4, 0.5) is 20.3 Å². The van der Waals surface area contributed by atoms with Crippen molar-refractivity contribution in [2.24, 2.45) is 0 Å². The van der Waals surface area contributed by atoms with E-state index in [2.05, 4.69) is 15.5 Å². The van der Waals surface area contributed by atoms with Gasteiger partial charge < -0.3 is 10.2 Å². The van der Waals surface area contributed by atoms with Crippen LogP contribution in [0.3, 0.4) is 0 Å². The van der Waals surface area contributed by atoms with Crippen molar-refractivity contribution in [2.45, 2.75) is 12.5 Å². The summed E-state index contributed by atoms with van der Waals surface area (Å²) in [4.78, 5) is 13.5. The average Bonchev–Trinajstić information content (AvgIpc) is 2.89. The zero-order valence-electron chi connectivity index (χ0n) is 11.8. The molecule has 1 aromatic carbocycles. The maximum atomic E-state index is 13.8. The molecule has 2 heterocycles. The number of para-hydroxylation sites is 1. The van der Waals surface area contributed by atoms with E-state index in [1.807, 2.05) is 6.07 Å². The molecule has 8 heteroatoms. The lowest BCUT2D eigenvalue weighted by atomic mass is 10.2. The Bertz CT molecular complexity index is 767. The second-order valence-electron chi connectivity index (χ2n) is 4.96. The maximum Gasteiger partial charge on any atom is 0.249 e. The maximum absolute atomic E-state index is 13.8. The highest BCUT2D eigenvalue weighted by Gasteiger charge is 2.35. The van der Waals surface area contributed by atoms with Crippen LogP contribution in [0.1, 0.15) is 12.1 Å². The molecule has 3 rings (SSSR count). The molecule has 6 nitrogen and oxygen atoms in total. The van der Waals surface area contributed by atoms with Crippen molar-refractivity contribution in [1.29, 1.82) is 5.26 Å². The highest BCUT2D eigenvalue weighted by Crippen LogP contribution is 2.28. The van der Waals surface area contributed by atoms with E-state index in [0.29, 0.717) is 12.2 Å². The van der Waals surface area contributed by atoms with Crippen LogP contribution >= 0.6 is 0 Å². The van der Waals surface area contributed by atoms with E-state index in [1.165, 1.54) is 18.2 Å². The van der Waals surface area contributed by atoms with Crippen LogP contribution < -0.4 is 10.2 Å². The minimum atomic E-state index is -0.780. The smallest absolute Gasteiger partial charge is 0.249 e. The molecule has 0 spiro atoms. The number of benzene rings is 1. The van der Waals surface area contributed by atoms with Gasteiger partial charge in [-0.15, -0.1) is 10.2 Å². The van der Waals surface area contributed by atoms with Gasteiger partial charge in [0.2, 0.25) is 5.91 Å². The van der Waals surface area contributed by atoms with Gasteiger partial charge in [0, 0.05) is 6.54 Å². The highest BCUT2D eigenvalue weighted by atomic mass is 19.1. The summed E-state index contributed by atoms with van der Waals surface area (Å²) in [7, 11) is 0. The Morgan fingerprint density at radius 3 is 2.57 bits per heavy atom. The summed E-state index contributed by atoms with van der Waals surface area (Å²) in [6.45, 7) is 0.193. The summed E-state index contributed by atoms with van der Waals surface area (Å²) in [5, 5.41) is 19.0. The number of nitrogens with zero attached hydrogens (tertiary/aromatic N) is 4. The van der Waals surface area contributed by atoms with Crippen molar-refractivity contribution in [2.75, 3.05) is 16.8 Å². The lowest BCUT2D eigenvalue weighted by Crippen LogP contribution is -2.34. The van der Waals surface area contributed by atoms with Gasteiger partial charge in [-0.3, -0.25) is 4.79 Å². The lowest BCUT2D eigenvalue weighted by Gasteiger charge is -2.18. The summed E-state index contributed by atoms with van der Waals surface area (Å²) in [6, 6.07) is 7.63. The summed E-state index contributed by atoms with van der Waals surface area (Å²) in [5.41, 5.74) is -0.184. The number of amides is 1. The largest absolute Gasteiger partial charge is 0.357 e. The van der Waals surface area contributed by atoms with Crippen LogP contribution in [0, 0.1) is 23.0 Å². The number of hydrogen-bond donors (Lipinski definition) is 1. The number of carbonyl (C=O) groups excluding carboxylic acids is 1. The average molecular weight is 315 g/mol. The number of rotatable bonds is 3. The van der Waals surface area contributed by atoms with Gasteiger partial charge in [-0.05, 0) is 30.7 Å². The SMILES string of the molecule is N#Cc1ccc(NC2CCN(c3c(F)cccc3F)C2=O)nn1. The second-order valence-corrected chi connectivity index (χ2v) is 4.96. The predicted octanol–water partition coefficient (Wildman–Crippen LogP) is 1.84. The Morgan fingerprint density at radius 1 is 1.22 bits per heavy atom. The number of aromatic nitrogens is 2. The quantitative estimate of drug-likeness (QED) is 0.934. The van der Waals surface area contributed by atoms with Gasteiger partial charge in [0.1, 0.15) is 35.3 Å². The zero-order chi connectivity index (χ0) is 16.4. The summed E-state index contributed by atoms with van der Waals surface area (Å²) >= 11 is 0. The van der Waals surface area contributed by atoms with Gasteiger partial charge in [-0.2, -0.15) is 5.26 Å². The van der Waals surface area contributed by atoms with Gasteiger partial charge >= 0.3 is 0 Å². The molecule has 1 fully saturated rings. The first kappa shape index (κ1) is 14.8. The van der Waals surface area contributed by atoms with E-state index in [4.69, 9.17) is 5.26 Å². The molecule has 2 aromatic rings. The number of carbonyl (C=O) groups is 1. The normalized spacial score (nSPS) is 17.2. The molecule has 1 amide bonds. The molecule has 1 saturated heterocycles. The molecule has 1 atom stereocenters. The first-order valence-electron chi connectivity index (χ1n) is 6.86. The number of nitrogens with one attached hydrogen (secondary N) is 1. The van der Waals surface area contributed by atoms with Crippen LogP contribution in [0.15, 0.2) is 30.3 Å². The first-order valence-corrected chi connectivity index (χ1v) is 6.86. The molecule has 0 bridgehead atoms. The third kappa shape index (κ3) is 2.81. The zero-order valence-corrected chi connectivity index (χ0v) is 11.8. The minimum Gasteiger partial charge on any atom is -0.357 e. The number of anilines is 2. The molecule has 1 aliphatic heterocycles. The third-order valence-electron chi connectivity index (χ3n) is 3.51. The van der Waals surface area contributed by atoms with E-state index in [9.17, 15) is 13.6 Å². The molecule has 0 aliphatic carbocycles. The monoisotopic (exact) mass is 315 g/mol. The van der Waals surface area contributed by atoms with Crippen molar-refractivity contribution in [3.63, 3.8) is 0 Å². The van der Waals surface area contributed by atoms with Crippen molar-refractivity contribution in [1.82, 2.24) is 10.2 Å². The Kier molecular flexibility index (Phi) is 3.85. The second kappa shape index (κ2) is 5.96. The molecule has 0 saturated carbocycles. The fourth-order valence-electron chi connectivity index (χ4n) is 2.43. The van der Waals surface area contributed by atoms with E-state index >= 15 is 0 Å². The van der Waals surface area contributed by atoms with Crippen LogP contribution in [0.5, 0.6) is 0 Å². The Hall–Kier alpha value is -3.08. The number of hydrogen-bond acceptors (Lipinski definition) is 5. The molecular weight excluding hydrogens is 304 g/mol. The predicted molar refractivity (Wildman–Crippen MR) is 77.5 cm³/mol. The molecule has 1 unspecified atom stereocenters. The van der Waals surface area contributed by atoms with Crippen molar-refractivity contribution >= 4 is 17.4 Å². The Labute approximate surface area is 130 Å². The van der Waals surface area contributed by atoms with Crippen molar-refractivity contribution in [3.8, 4) is 6.07 Å². The van der Waals surface area contributed by atoms with E-state index in [-0.39, 0.29) is 17.9 Å². The molecule has 116 valence electrons. The minimum absolute atomic E-state index is 0.156. The van der Waals surface area contributed by atoms with Crippen LogP contribution in [0.25, 0.3) is 0 Å². The highest BCUT2D eigenvalue weighted by molar-refractivity contribution is 6.01. The van der Waals surface area contributed by atoms with Gasteiger partial charge in [0.25, 0.3) is 0 Å². The molecule has 0 radical (unpaired) electrons. The molecule has 1 aliphatic rings. The third-order valence-corrected chi connectivity index (χ3v) is 3.51. The topological polar surface area (TPSA) is 81.9 Å². The van der Waals surface area contributed by atoms with Crippen LogP contribution in [-0.2, 0) is 4.79 Å². The van der Waals surface area contributed by atoms with Gasteiger partial charge in [0.15, 0.2) is 5.69 Å². The lowest BCUT2D eigenvalue weighted by molar-refractivity contribution is -0.117. The van der Waals surface area contributed by atoms with Gasteiger partial charge in [0.05, 0.1) is 0 Å². The van der Waals surface area contributed by atoms with Gasteiger partial charge in [-0.1, -0.05) is 6.07 Å². The Morgan fingerprint density at radius 2 is 1.96 bits per heavy atom. The standard InChI is InChI=1S/C15H11F2N5O/c16-10-2-1-3-11(17)14(10)22-7-6-12(15(22)23)19-13-5-4-9(8-18)20-21-13/h1-5,12H,6-7H2,(H,19,21). The van der Waals surface area contributed by atoms with E-state index in [1.54, 1.807) is 0 Å². The first-order chi connectivity index (χ1) is 11.1. The summed E-state index contributed by atoms with van der Waals surface area (Å²) < 4.78 is 27.6. The van der Waals surface area contributed by atoms with E-state index < -0.39 is 23.6 Å². The molecule has 23 heavy (non-hydrogen) atoms. The van der Waals surface area contributed by atoms with Gasteiger partial charge in [-0.25, -0.2) is 8.78 Å². The summed E-state index contributed by atoms with van der Waals surface area (Å²) in [5.74, 6) is -1.69. The van der Waals surface area contributed by atoms with E-state index in [0.717, 1.165) is 17.0 Å². The fourth-order valence-corrected chi connectivity index (χ4v) is 2.43. The fraction of sp³-hybridized carbons (Fsp3) is 0.200. The number of nitriles is 1.